The predicted molar refractivity (Wildman–Crippen MR) is 77.8 cm³/mol. The van der Waals surface area contributed by atoms with Crippen LogP contribution in [0.5, 0.6) is 0 Å². The number of ether oxygens (including phenoxy) is 1. The van der Waals surface area contributed by atoms with Crippen LogP contribution in [0.1, 0.15) is 40.0 Å². The maximum absolute atomic E-state index is 11.8. The van der Waals surface area contributed by atoms with Gasteiger partial charge < -0.3 is 20.1 Å². The number of carboxylic acid groups (broad SMARTS) is 1. The van der Waals surface area contributed by atoms with E-state index >= 15 is 0 Å². The lowest BCUT2D eigenvalue weighted by Crippen LogP contribution is -2.43. The molecular formula is C14H28N2O4. The molecule has 6 heteroatoms. The Kier molecular flexibility index (Phi) is 9.80. The fourth-order valence-electron chi connectivity index (χ4n) is 1.69. The second kappa shape index (κ2) is 10.5. The van der Waals surface area contributed by atoms with E-state index in [2.05, 4.69) is 5.32 Å². The van der Waals surface area contributed by atoms with Crippen molar-refractivity contribution < 1.29 is 19.4 Å². The summed E-state index contributed by atoms with van der Waals surface area (Å²) in [7, 11) is 1.73. The quantitative estimate of drug-likeness (QED) is 0.602. The highest BCUT2D eigenvalue weighted by atomic mass is 16.5. The van der Waals surface area contributed by atoms with Crippen molar-refractivity contribution in [2.75, 3.05) is 26.8 Å². The van der Waals surface area contributed by atoms with E-state index in [1.807, 2.05) is 13.8 Å². The van der Waals surface area contributed by atoms with Gasteiger partial charge in [0, 0.05) is 26.2 Å². The Hall–Kier alpha value is -1.30. The van der Waals surface area contributed by atoms with E-state index in [4.69, 9.17) is 9.84 Å². The minimum absolute atomic E-state index is 0.0399. The minimum atomic E-state index is -0.766. The summed E-state index contributed by atoms with van der Waals surface area (Å²) in [4.78, 5) is 24.1. The molecule has 0 bridgehead atoms. The van der Waals surface area contributed by atoms with Crippen molar-refractivity contribution in [3.63, 3.8) is 0 Å². The highest BCUT2D eigenvalue weighted by Crippen LogP contribution is 2.09. The third-order valence-corrected chi connectivity index (χ3v) is 3.19. The second-order valence-electron chi connectivity index (χ2n) is 5.14. The van der Waals surface area contributed by atoms with E-state index in [0.717, 1.165) is 12.8 Å². The van der Waals surface area contributed by atoms with Gasteiger partial charge in [0.25, 0.3) is 0 Å². The number of carbonyl (C=O) groups excluding carboxylic acids is 1. The minimum Gasteiger partial charge on any atom is -0.481 e. The van der Waals surface area contributed by atoms with Crippen molar-refractivity contribution >= 4 is 12.0 Å². The number of hydrogen-bond acceptors (Lipinski definition) is 3. The summed E-state index contributed by atoms with van der Waals surface area (Å²) in [6.07, 6.45) is 2.20. The zero-order valence-corrected chi connectivity index (χ0v) is 13.0. The summed E-state index contributed by atoms with van der Waals surface area (Å²) in [5.74, 6) is -1.09. The van der Waals surface area contributed by atoms with Gasteiger partial charge in [0.2, 0.25) is 0 Å². The maximum Gasteiger partial charge on any atom is 0.317 e. The molecule has 2 atom stereocenters. The van der Waals surface area contributed by atoms with Crippen molar-refractivity contribution in [3.05, 3.63) is 0 Å². The fourth-order valence-corrected chi connectivity index (χ4v) is 1.69. The molecule has 118 valence electrons. The number of aliphatic carboxylic acids is 1. The van der Waals surface area contributed by atoms with Gasteiger partial charge in [-0.15, -0.1) is 0 Å². The van der Waals surface area contributed by atoms with Crippen LogP contribution in [0.3, 0.4) is 0 Å². The van der Waals surface area contributed by atoms with E-state index in [1.165, 1.54) is 0 Å². The third-order valence-electron chi connectivity index (χ3n) is 3.19. The first kappa shape index (κ1) is 18.7. The number of hydrogen-bond donors (Lipinski definition) is 2. The second-order valence-corrected chi connectivity index (χ2v) is 5.14. The number of nitrogens with one attached hydrogen (secondary N) is 1. The van der Waals surface area contributed by atoms with Crippen LogP contribution in [0.4, 0.5) is 4.79 Å². The first-order chi connectivity index (χ1) is 9.38. The topological polar surface area (TPSA) is 78.9 Å². The zero-order chi connectivity index (χ0) is 15.5. The molecule has 0 radical (unpaired) electrons. The van der Waals surface area contributed by atoms with Crippen LogP contribution in [0, 0.1) is 5.92 Å². The number of likely N-dealkylation sites (N-methyl/N-ethyl adjacent to an activating group) is 1. The predicted octanol–water partition coefficient (Wildman–Crippen LogP) is 1.94. The Labute approximate surface area is 121 Å². The molecule has 6 nitrogen and oxygen atoms in total. The van der Waals surface area contributed by atoms with Gasteiger partial charge in [0.05, 0.1) is 12.5 Å². The van der Waals surface area contributed by atoms with Crippen LogP contribution < -0.4 is 5.32 Å². The van der Waals surface area contributed by atoms with Crippen LogP contribution in [0.2, 0.25) is 0 Å². The highest BCUT2D eigenvalue weighted by Gasteiger charge is 2.14. The Bertz CT molecular complexity index is 297. The normalized spacial score (nSPS) is 13.6. The van der Waals surface area contributed by atoms with Gasteiger partial charge in [0.1, 0.15) is 0 Å². The largest absolute Gasteiger partial charge is 0.481 e. The molecule has 0 aromatic heterocycles. The van der Waals surface area contributed by atoms with Crippen molar-refractivity contribution in [1.82, 2.24) is 10.2 Å². The SMILES string of the molecule is CCOCCN(C)C(=O)NC(C)CCCC(C)C(=O)O. The van der Waals surface area contributed by atoms with E-state index < -0.39 is 5.97 Å². The van der Waals surface area contributed by atoms with Gasteiger partial charge in [-0.1, -0.05) is 13.3 Å². The Morgan fingerprint density at radius 1 is 1.30 bits per heavy atom. The maximum atomic E-state index is 11.8. The average Bonchev–Trinajstić information content (AvgIpc) is 2.38. The van der Waals surface area contributed by atoms with Gasteiger partial charge in [-0.3, -0.25) is 4.79 Å². The molecule has 0 aliphatic rings. The van der Waals surface area contributed by atoms with Crippen molar-refractivity contribution in [3.8, 4) is 0 Å². The van der Waals surface area contributed by atoms with Gasteiger partial charge >= 0.3 is 12.0 Å². The number of carbonyl (C=O) groups is 2. The van der Waals surface area contributed by atoms with Crippen LogP contribution in [0.25, 0.3) is 0 Å². The van der Waals surface area contributed by atoms with E-state index in [-0.39, 0.29) is 18.0 Å². The highest BCUT2D eigenvalue weighted by molar-refractivity contribution is 5.74. The molecule has 2 unspecified atom stereocenters. The Morgan fingerprint density at radius 2 is 1.95 bits per heavy atom. The monoisotopic (exact) mass is 288 g/mol. The van der Waals surface area contributed by atoms with Crippen LogP contribution in [-0.2, 0) is 9.53 Å². The van der Waals surface area contributed by atoms with Gasteiger partial charge in [-0.2, -0.15) is 0 Å². The van der Waals surface area contributed by atoms with Crippen molar-refractivity contribution in [1.29, 1.82) is 0 Å². The van der Waals surface area contributed by atoms with Crippen LogP contribution >= 0.6 is 0 Å². The summed E-state index contributed by atoms with van der Waals surface area (Å²) >= 11 is 0. The smallest absolute Gasteiger partial charge is 0.317 e. The third kappa shape index (κ3) is 8.74. The number of rotatable bonds is 10. The molecule has 0 fully saturated rings. The van der Waals surface area contributed by atoms with Gasteiger partial charge in [-0.05, 0) is 26.7 Å². The summed E-state index contributed by atoms with van der Waals surface area (Å²) < 4.78 is 5.20. The molecule has 0 spiro atoms. The summed E-state index contributed by atoms with van der Waals surface area (Å²) in [5, 5.41) is 11.7. The summed E-state index contributed by atoms with van der Waals surface area (Å²) in [5.41, 5.74) is 0. The van der Waals surface area contributed by atoms with E-state index in [0.29, 0.717) is 26.2 Å². The van der Waals surface area contributed by atoms with E-state index in [9.17, 15) is 9.59 Å². The molecular weight excluding hydrogens is 260 g/mol. The number of urea groups is 1. The van der Waals surface area contributed by atoms with Crippen molar-refractivity contribution in [2.24, 2.45) is 5.92 Å². The van der Waals surface area contributed by atoms with Gasteiger partial charge in [0.15, 0.2) is 0 Å². The molecule has 0 aliphatic carbocycles. The fraction of sp³-hybridized carbons (Fsp3) is 0.857. The summed E-state index contributed by atoms with van der Waals surface area (Å²) in [6, 6.07) is -0.0819. The van der Waals surface area contributed by atoms with Crippen LogP contribution in [-0.4, -0.2) is 54.9 Å². The molecule has 2 N–H and O–H groups in total. The number of carboxylic acids is 1. The lowest BCUT2D eigenvalue weighted by atomic mass is 10.0. The number of amides is 2. The molecule has 20 heavy (non-hydrogen) atoms. The summed E-state index contributed by atoms with van der Waals surface area (Å²) in [6.45, 7) is 7.29. The van der Waals surface area contributed by atoms with Gasteiger partial charge in [-0.25, -0.2) is 4.79 Å². The van der Waals surface area contributed by atoms with Crippen LogP contribution in [0.15, 0.2) is 0 Å². The van der Waals surface area contributed by atoms with E-state index in [1.54, 1.807) is 18.9 Å². The molecule has 0 saturated heterocycles. The lowest BCUT2D eigenvalue weighted by molar-refractivity contribution is -0.141. The number of nitrogens with zero attached hydrogens (tertiary/aromatic N) is 1. The average molecular weight is 288 g/mol. The molecule has 0 heterocycles. The Morgan fingerprint density at radius 3 is 2.50 bits per heavy atom. The first-order valence-corrected chi connectivity index (χ1v) is 7.20. The van der Waals surface area contributed by atoms with Crippen molar-refractivity contribution in [2.45, 2.75) is 46.1 Å². The molecule has 0 aliphatic heterocycles. The molecule has 0 aromatic carbocycles. The molecule has 0 saturated carbocycles. The first-order valence-electron chi connectivity index (χ1n) is 7.20. The zero-order valence-electron chi connectivity index (χ0n) is 13.0. The molecule has 0 rings (SSSR count). The lowest BCUT2D eigenvalue weighted by Gasteiger charge is -2.21. The standard InChI is InChI=1S/C14H28N2O4/c1-5-20-10-9-16(4)14(19)15-12(3)8-6-7-11(2)13(17)18/h11-12H,5-10H2,1-4H3,(H,15,19)(H,17,18). The molecule has 2 amide bonds. The molecule has 0 aromatic rings. The Balaban J connectivity index is 3.81.